The van der Waals surface area contributed by atoms with Crippen LogP contribution in [0.2, 0.25) is 0 Å². The van der Waals surface area contributed by atoms with E-state index in [0.717, 1.165) is 13.0 Å². The zero-order valence-electron chi connectivity index (χ0n) is 10.5. The summed E-state index contributed by atoms with van der Waals surface area (Å²) in [5.74, 6) is 0.684. The Balaban J connectivity index is 2.52. The predicted molar refractivity (Wildman–Crippen MR) is 69.2 cm³/mol. The molecule has 16 heavy (non-hydrogen) atoms. The van der Waals surface area contributed by atoms with Crippen molar-refractivity contribution >= 4 is 10.8 Å². The van der Waals surface area contributed by atoms with E-state index in [1.165, 1.54) is 25.7 Å². The molecular weight excluding hydrogens is 222 g/mol. The Morgan fingerprint density at radius 3 is 2.75 bits per heavy atom. The third-order valence-electron chi connectivity index (χ3n) is 3.25. The molecule has 3 atom stereocenters. The average molecular weight is 247 g/mol. The Bertz CT molecular complexity index is 211. The summed E-state index contributed by atoms with van der Waals surface area (Å²) in [6.45, 7) is 3.71. The van der Waals surface area contributed by atoms with Crippen LogP contribution in [0, 0.1) is 0 Å². The highest BCUT2D eigenvalue weighted by molar-refractivity contribution is 7.85. The van der Waals surface area contributed by atoms with E-state index in [4.69, 9.17) is 4.74 Å². The van der Waals surface area contributed by atoms with Gasteiger partial charge in [0.1, 0.15) is 0 Å². The Labute approximate surface area is 102 Å². The van der Waals surface area contributed by atoms with Gasteiger partial charge in [-0.05, 0) is 19.4 Å². The molecule has 3 unspecified atom stereocenters. The van der Waals surface area contributed by atoms with Crippen molar-refractivity contribution in [3.63, 3.8) is 0 Å². The molecule has 1 rings (SSSR count). The van der Waals surface area contributed by atoms with Crippen LogP contribution in [0.25, 0.3) is 0 Å². The largest absolute Gasteiger partial charge is 0.384 e. The molecule has 0 aromatic heterocycles. The molecule has 96 valence electrons. The molecule has 1 N–H and O–H groups in total. The summed E-state index contributed by atoms with van der Waals surface area (Å²) in [6.07, 6.45) is 6.08. The molecule has 0 heterocycles. The van der Waals surface area contributed by atoms with Gasteiger partial charge >= 0.3 is 0 Å². The first-order chi connectivity index (χ1) is 7.79. The van der Waals surface area contributed by atoms with Crippen LogP contribution in [0.1, 0.15) is 39.0 Å². The van der Waals surface area contributed by atoms with Gasteiger partial charge in [0.2, 0.25) is 0 Å². The first kappa shape index (κ1) is 14.1. The molecule has 0 aromatic rings. The van der Waals surface area contributed by atoms with Crippen LogP contribution in [0.15, 0.2) is 0 Å². The maximum atomic E-state index is 12.2. The van der Waals surface area contributed by atoms with Gasteiger partial charge in [0.05, 0.1) is 11.9 Å². The summed E-state index contributed by atoms with van der Waals surface area (Å²) in [7, 11) is 0.936. The summed E-state index contributed by atoms with van der Waals surface area (Å²) in [5.41, 5.74) is 0. The maximum absolute atomic E-state index is 12.2. The minimum Gasteiger partial charge on any atom is -0.384 e. The zero-order chi connectivity index (χ0) is 11.8. The van der Waals surface area contributed by atoms with Crippen molar-refractivity contribution in [2.24, 2.45) is 0 Å². The van der Waals surface area contributed by atoms with E-state index in [-0.39, 0.29) is 0 Å². The number of methoxy groups -OCH3 is 1. The highest BCUT2D eigenvalue weighted by Gasteiger charge is 2.27. The lowest BCUT2D eigenvalue weighted by atomic mass is 10.1. The van der Waals surface area contributed by atoms with Crippen molar-refractivity contribution in [2.75, 3.05) is 26.0 Å². The van der Waals surface area contributed by atoms with E-state index >= 15 is 0 Å². The molecular formula is C12H25NO2S. The Morgan fingerprint density at radius 2 is 2.06 bits per heavy atom. The van der Waals surface area contributed by atoms with Crippen LogP contribution in [0.5, 0.6) is 0 Å². The van der Waals surface area contributed by atoms with Gasteiger partial charge in [-0.1, -0.05) is 26.2 Å². The highest BCUT2D eigenvalue weighted by Crippen LogP contribution is 2.22. The zero-order valence-corrected chi connectivity index (χ0v) is 11.4. The maximum Gasteiger partial charge on any atom is 0.0577 e. The summed E-state index contributed by atoms with van der Waals surface area (Å²) in [5, 5.41) is 3.83. The third-order valence-corrected chi connectivity index (χ3v) is 5.05. The van der Waals surface area contributed by atoms with Gasteiger partial charge in [0, 0.05) is 29.7 Å². The van der Waals surface area contributed by atoms with E-state index in [1.807, 2.05) is 0 Å². The summed E-state index contributed by atoms with van der Waals surface area (Å²) < 4.78 is 17.2. The van der Waals surface area contributed by atoms with Crippen molar-refractivity contribution in [3.8, 4) is 0 Å². The monoisotopic (exact) mass is 247 g/mol. The number of ether oxygens (including phenoxy) is 1. The predicted octanol–water partition coefficient (Wildman–Crippen LogP) is 1.69. The molecule has 0 amide bonds. The fraction of sp³-hybridized carbons (Fsp3) is 1.00. The molecule has 0 spiro atoms. The Kier molecular flexibility index (Phi) is 7.25. The molecule has 0 aliphatic heterocycles. The normalized spacial score (nSPS) is 28.6. The van der Waals surface area contributed by atoms with Gasteiger partial charge in [-0.25, -0.2) is 0 Å². The fourth-order valence-corrected chi connectivity index (χ4v) is 4.06. The second-order valence-electron chi connectivity index (χ2n) is 4.42. The highest BCUT2D eigenvalue weighted by atomic mass is 32.2. The van der Waals surface area contributed by atoms with E-state index in [1.54, 1.807) is 7.11 Å². The van der Waals surface area contributed by atoms with Gasteiger partial charge in [0.25, 0.3) is 0 Å². The van der Waals surface area contributed by atoms with E-state index in [9.17, 15) is 4.21 Å². The first-order valence-electron chi connectivity index (χ1n) is 6.39. The van der Waals surface area contributed by atoms with Crippen molar-refractivity contribution in [1.82, 2.24) is 5.32 Å². The van der Waals surface area contributed by atoms with E-state index in [2.05, 4.69) is 12.2 Å². The topological polar surface area (TPSA) is 38.3 Å². The van der Waals surface area contributed by atoms with Gasteiger partial charge in [-0.3, -0.25) is 4.21 Å². The number of hydrogen-bond acceptors (Lipinski definition) is 3. The summed E-state index contributed by atoms with van der Waals surface area (Å²) in [4.78, 5) is 0. The van der Waals surface area contributed by atoms with Crippen molar-refractivity contribution in [3.05, 3.63) is 0 Å². The number of nitrogens with one attached hydrogen (secondary N) is 1. The molecule has 0 aromatic carbocycles. The van der Waals surface area contributed by atoms with E-state index < -0.39 is 10.8 Å². The van der Waals surface area contributed by atoms with Crippen molar-refractivity contribution in [1.29, 1.82) is 0 Å². The summed E-state index contributed by atoms with van der Waals surface area (Å²) in [6, 6.07) is 0.449. The van der Waals surface area contributed by atoms with Crippen LogP contribution in [-0.2, 0) is 15.5 Å². The molecule has 4 heteroatoms. The molecule has 0 radical (unpaired) electrons. The van der Waals surface area contributed by atoms with Gasteiger partial charge in [-0.15, -0.1) is 0 Å². The lowest BCUT2D eigenvalue weighted by Crippen LogP contribution is -2.42. The molecule has 1 saturated carbocycles. The minimum absolute atomic E-state index is 0.331. The molecule has 3 nitrogen and oxygen atoms in total. The van der Waals surface area contributed by atoms with Gasteiger partial charge < -0.3 is 10.1 Å². The van der Waals surface area contributed by atoms with Crippen LogP contribution >= 0.6 is 0 Å². The Morgan fingerprint density at radius 1 is 1.31 bits per heavy atom. The Hall–Kier alpha value is 0.0700. The van der Waals surface area contributed by atoms with Gasteiger partial charge in [0.15, 0.2) is 0 Å². The van der Waals surface area contributed by atoms with Crippen LogP contribution in [0.4, 0.5) is 0 Å². The lowest BCUT2D eigenvalue weighted by Gasteiger charge is -2.25. The van der Waals surface area contributed by atoms with E-state index in [0.29, 0.717) is 23.7 Å². The van der Waals surface area contributed by atoms with Gasteiger partial charge in [-0.2, -0.15) is 0 Å². The number of hydrogen-bond donors (Lipinski definition) is 1. The fourth-order valence-electron chi connectivity index (χ4n) is 2.40. The smallest absolute Gasteiger partial charge is 0.0577 e. The van der Waals surface area contributed by atoms with Crippen molar-refractivity contribution in [2.45, 2.75) is 50.3 Å². The molecule has 1 fully saturated rings. The van der Waals surface area contributed by atoms with Crippen molar-refractivity contribution < 1.29 is 8.95 Å². The summed E-state index contributed by atoms with van der Waals surface area (Å²) >= 11 is 0. The average Bonchev–Trinajstić information content (AvgIpc) is 2.52. The first-order valence-corrected chi connectivity index (χ1v) is 7.77. The molecule has 0 bridgehead atoms. The quantitative estimate of drug-likeness (QED) is 0.726. The molecule has 1 aliphatic rings. The standard InChI is InChI=1S/C12H25NO2S/c1-3-13-11-7-5-4-6-8-12(11)16(14)10-9-15-2/h11-13H,3-10H2,1-2H3. The second-order valence-corrected chi connectivity index (χ2v) is 6.19. The van der Waals surface area contributed by atoms with Crippen LogP contribution < -0.4 is 5.32 Å². The second kappa shape index (κ2) is 8.20. The van der Waals surface area contributed by atoms with Crippen LogP contribution in [-0.4, -0.2) is 41.5 Å². The minimum atomic E-state index is -0.737. The third kappa shape index (κ3) is 4.52. The molecule has 0 saturated heterocycles. The SMILES string of the molecule is CCNC1CCCCCC1S(=O)CCOC. The lowest BCUT2D eigenvalue weighted by molar-refractivity contribution is 0.217. The number of rotatable bonds is 6. The van der Waals surface area contributed by atoms with Crippen LogP contribution in [0.3, 0.4) is 0 Å². The molecule has 1 aliphatic carbocycles.